The van der Waals surface area contributed by atoms with Crippen LogP contribution in [0.4, 0.5) is 5.69 Å². The van der Waals surface area contributed by atoms with Crippen LogP contribution in [0.5, 0.6) is 11.5 Å². The fourth-order valence-corrected chi connectivity index (χ4v) is 4.37. The predicted molar refractivity (Wildman–Crippen MR) is 132 cm³/mol. The van der Waals surface area contributed by atoms with E-state index in [0.29, 0.717) is 11.3 Å². The smallest absolute Gasteiger partial charge is 0.176 e. The van der Waals surface area contributed by atoms with E-state index in [-0.39, 0.29) is 41.0 Å². The zero-order valence-corrected chi connectivity index (χ0v) is 19.6. The second kappa shape index (κ2) is 9.94. The Labute approximate surface area is 198 Å². The minimum Gasteiger partial charge on any atom is -0.503 e. The summed E-state index contributed by atoms with van der Waals surface area (Å²) in [5, 5.41) is 14.7. The summed E-state index contributed by atoms with van der Waals surface area (Å²) < 4.78 is 5.24. The van der Waals surface area contributed by atoms with E-state index in [1.165, 1.54) is 7.11 Å². The molecule has 0 atom stereocenters. The van der Waals surface area contributed by atoms with E-state index in [0.717, 1.165) is 53.4 Å². The Kier molecular flexibility index (Phi) is 7.49. The Morgan fingerprint density at radius 3 is 2.56 bits per heavy atom. The summed E-state index contributed by atoms with van der Waals surface area (Å²) in [4.78, 5) is 16.9. The molecule has 4 N–H and O–H groups in total. The number of carbonyl (C=O) groups excluding carboxylic acids is 1. The van der Waals surface area contributed by atoms with Gasteiger partial charge in [0.25, 0.3) is 0 Å². The summed E-state index contributed by atoms with van der Waals surface area (Å²) in [5.74, 6) is 0.173. The van der Waals surface area contributed by atoms with E-state index in [2.05, 4.69) is 10.3 Å². The van der Waals surface area contributed by atoms with Gasteiger partial charge in [-0.25, -0.2) is 0 Å². The van der Waals surface area contributed by atoms with Crippen LogP contribution in [-0.4, -0.2) is 35.1 Å². The van der Waals surface area contributed by atoms with Gasteiger partial charge in [0.05, 0.1) is 28.9 Å². The van der Waals surface area contributed by atoms with Crippen LogP contribution in [0.3, 0.4) is 0 Å². The van der Waals surface area contributed by atoms with Gasteiger partial charge in [-0.1, -0.05) is 17.7 Å². The first-order chi connectivity index (χ1) is 14.9. The van der Waals surface area contributed by atoms with Crippen molar-refractivity contribution in [3.05, 3.63) is 47.1 Å². The number of aromatic nitrogens is 1. The molecule has 1 heterocycles. The molecule has 6 nitrogen and oxygen atoms in total. The number of phenols is 1. The Morgan fingerprint density at radius 1 is 1.19 bits per heavy atom. The molecule has 0 bridgehead atoms. The van der Waals surface area contributed by atoms with Crippen LogP contribution in [-0.2, 0) is 0 Å². The number of hydrogen-bond acceptors (Lipinski definition) is 6. The molecule has 1 fully saturated rings. The normalized spacial score (nSPS) is 18.1. The highest BCUT2D eigenvalue weighted by atomic mass is 35.5. The number of phenolic OH excluding ortho intramolecular Hbond substituents is 1. The Morgan fingerprint density at radius 2 is 1.91 bits per heavy atom. The van der Waals surface area contributed by atoms with Crippen LogP contribution in [0.15, 0.2) is 36.5 Å². The monoisotopic (exact) mass is 475 g/mol. The minimum atomic E-state index is -0.0906. The highest BCUT2D eigenvalue weighted by molar-refractivity contribution is 6.32. The summed E-state index contributed by atoms with van der Waals surface area (Å²) in [5.41, 5.74) is 9.90. The first-order valence-electron chi connectivity index (χ1n) is 10.4. The van der Waals surface area contributed by atoms with Gasteiger partial charge in [-0.05, 0) is 68.0 Å². The number of hydrogen-bond donors (Lipinski definition) is 3. The molecule has 0 spiro atoms. The first kappa shape index (κ1) is 24.1. The van der Waals surface area contributed by atoms with Gasteiger partial charge in [-0.15, -0.1) is 12.4 Å². The number of rotatable bonds is 5. The van der Waals surface area contributed by atoms with Gasteiger partial charge in [0.1, 0.15) is 0 Å². The fourth-order valence-electron chi connectivity index (χ4n) is 4.16. The number of ketones is 1. The molecule has 2 aromatic carbocycles. The number of ether oxygens (including phenoxy) is 1. The molecule has 3 aromatic rings. The zero-order chi connectivity index (χ0) is 22.1. The number of methoxy groups -OCH3 is 1. The SMILES string of the molecule is COc1cc(-c2ccc3ncc(C(C)=O)c(NC4CCC(N)CC4)c3c2)cc(Cl)c1O.Cl. The molecule has 1 aliphatic rings. The maximum atomic E-state index is 12.4. The number of fused-ring (bicyclic) bond motifs is 1. The molecular formula is C24H27Cl2N3O3. The summed E-state index contributed by atoms with van der Waals surface area (Å²) in [6.07, 6.45) is 5.50. The molecular weight excluding hydrogens is 449 g/mol. The highest BCUT2D eigenvalue weighted by Gasteiger charge is 2.22. The quantitative estimate of drug-likeness (QED) is 0.416. The van der Waals surface area contributed by atoms with E-state index < -0.39 is 0 Å². The molecule has 1 aliphatic carbocycles. The van der Waals surface area contributed by atoms with E-state index >= 15 is 0 Å². The average molecular weight is 476 g/mol. The number of aromatic hydroxyl groups is 1. The van der Waals surface area contributed by atoms with Gasteiger partial charge in [0.15, 0.2) is 17.3 Å². The number of anilines is 1. The molecule has 1 saturated carbocycles. The molecule has 8 heteroatoms. The molecule has 0 saturated heterocycles. The molecule has 32 heavy (non-hydrogen) atoms. The first-order valence-corrected chi connectivity index (χ1v) is 10.8. The van der Waals surface area contributed by atoms with Gasteiger partial charge in [-0.3, -0.25) is 9.78 Å². The van der Waals surface area contributed by atoms with Crippen LogP contribution in [0.25, 0.3) is 22.0 Å². The van der Waals surface area contributed by atoms with Crippen LogP contribution >= 0.6 is 24.0 Å². The van der Waals surface area contributed by atoms with Gasteiger partial charge >= 0.3 is 0 Å². The van der Waals surface area contributed by atoms with Crippen molar-refractivity contribution >= 4 is 46.4 Å². The summed E-state index contributed by atoms with van der Waals surface area (Å²) in [7, 11) is 1.48. The van der Waals surface area contributed by atoms with Gasteiger partial charge in [-0.2, -0.15) is 0 Å². The molecule has 170 valence electrons. The lowest BCUT2D eigenvalue weighted by molar-refractivity contribution is 0.101. The van der Waals surface area contributed by atoms with Crippen molar-refractivity contribution in [1.82, 2.24) is 4.98 Å². The summed E-state index contributed by atoms with van der Waals surface area (Å²) in [6, 6.07) is 9.79. The average Bonchev–Trinajstić information content (AvgIpc) is 2.76. The van der Waals surface area contributed by atoms with Gasteiger partial charge < -0.3 is 20.9 Å². The predicted octanol–water partition coefficient (Wildman–Crippen LogP) is 5.58. The second-order valence-corrected chi connectivity index (χ2v) is 8.51. The minimum absolute atomic E-state index is 0. The molecule has 0 amide bonds. The largest absolute Gasteiger partial charge is 0.503 e. The number of halogens is 2. The van der Waals surface area contributed by atoms with Crippen LogP contribution < -0.4 is 15.8 Å². The molecule has 0 radical (unpaired) electrons. The van der Waals surface area contributed by atoms with Crippen molar-refractivity contribution in [1.29, 1.82) is 0 Å². The van der Waals surface area contributed by atoms with Crippen molar-refractivity contribution in [3.63, 3.8) is 0 Å². The van der Waals surface area contributed by atoms with Crippen molar-refractivity contribution in [2.24, 2.45) is 5.73 Å². The van der Waals surface area contributed by atoms with E-state index in [9.17, 15) is 9.90 Å². The Bertz CT molecular complexity index is 1150. The molecule has 1 aromatic heterocycles. The number of nitrogens with zero attached hydrogens (tertiary/aromatic N) is 1. The number of carbonyl (C=O) groups is 1. The fraction of sp³-hybridized carbons (Fsp3) is 0.333. The Balaban J connectivity index is 0.00000289. The zero-order valence-electron chi connectivity index (χ0n) is 18.0. The molecule has 0 aliphatic heterocycles. The molecule has 0 unspecified atom stereocenters. The van der Waals surface area contributed by atoms with Crippen molar-refractivity contribution in [3.8, 4) is 22.6 Å². The number of benzene rings is 2. The lowest BCUT2D eigenvalue weighted by Gasteiger charge is -2.28. The standard InChI is InChI=1S/C24H26ClN3O3.ClH/c1-13(29)19-12-27-21-8-3-14(15-10-20(25)24(30)22(11-15)31-2)9-18(21)23(19)28-17-6-4-16(26)5-7-17;/h3,8-12,16-17,30H,4-7,26H2,1-2H3,(H,27,28);1H. The maximum absolute atomic E-state index is 12.4. The summed E-state index contributed by atoms with van der Waals surface area (Å²) >= 11 is 6.19. The van der Waals surface area contributed by atoms with Crippen LogP contribution in [0.1, 0.15) is 43.0 Å². The third kappa shape index (κ3) is 4.77. The van der Waals surface area contributed by atoms with Crippen molar-refractivity contribution in [2.75, 3.05) is 12.4 Å². The third-order valence-electron chi connectivity index (χ3n) is 5.95. The number of nitrogens with two attached hydrogens (primary N) is 1. The number of Topliss-reactive ketones (excluding diaryl/α,β-unsaturated/α-hetero) is 1. The van der Waals surface area contributed by atoms with Crippen LogP contribution in [0.2, 0.25) is 5.02 Å². The van der Waals surface area contributed by atoms with Gasteiger partial charge in [0.2, 0.25) is 0 Å². The maximum Gasteiger partial charge on any atom is 0.176 e. The topological polar surface area (TPSA) is 97.5 Å². The second-order valence-electron chi connectivity index (χ2n) is 8.10. The molecule has 4 rings (SSSR count). The van der Waals surface area contributed by atoms with Crippen molar-refractivity contribution < 1.29 is 14.6 Å². The van der Waals surface area contributed by atoms with E-state index in [1.54, 1.807) is 25.3 Å². The number of pyridine rings is 1. The van der Waals surface area contributed by atoms with Crippen molar-refractivity contribution in [2.45, 2.75) is 44.7 Å². The van der Waals surface area contributed by atoms with Gasteiger partial charge in [0, 0.05) is 23.7 Å². The van der Waals surface area contributed by atoms with E-state index in [1.807, 2.05) is 18.2 Å². The lowest BCUT2D eigenvalue weighted by Crippen LogP contribution is -2.33. The summed E-state index contributed by atoms with van der Waals surface area (Å²) in [6.45, 7) is 1.55. The lowest BCUT2D eigenvalue weighted by atomic mass is 9.91. The third-order valence-corrected chi connectivity index (χ3v) is 6.24. The van der Waals surface area contributed by atoms with E-state index in [4.69, 9.17) is 22.1 Å². The van der Waals surface area contributed by atoms with Crippen LogP contribution in [0, 0.1) is 0 Å². The number of nitrogens with one attached hydrogen (secondary N) is 1. The Hall–Kier alpha value is -2.54. The highest BCUT2D eigenvalue weighted by Crippen LogP contribution is 2.40.